The number of halogens is 1. The van der Waals surface area contributed by atoms with Crippen LogP contribution in [-0.2, 0) is 0 Å². The summed E-state index contributed by atoms with van der Waals surface area (Å²) in [5.74, 6) is 0.667. The van der Waals surface area contributed by atoms with E-state index in [2.05, 4.69) is 0 Å². The molecule has 2 nitrogen and oxygen atoms in total. The van der Waals surface area contributed by atoms with Crippen LogP contribution in [0.3, 0.4) is 0 Å². The number of hydrogen-bond acceptors (Lipinski definition) is 1. The van der Waals surface area contributed by atoms with Gasteiger partial charge >= 0.3 is 0 Å². The van der Waals surface area contributed by atoms with Crippen LogP contribution >= 0.6 is 11.6 Å². The maximum absolute atomic E-state index is 12.9. The third kappa shape index (κ3) is 3.35. The highest BCUT2D eigenvalue weighted by atomic mass is 35.5. The second kappa shape index (κ2) is 7.12. The first-order valence-corrected chi connectivity index (χ1v) is 8.11. The number of amides is 1. The van der Waals surface area contributed by atoms with E-state index in [9.17, 15) is 4.79 Å². The number of carbonyl (C=O) groups is 1. The summed E-state index contributed by atoms with van der Waals surface area (Å²) in [5, 5.41) is 0. The molecule has 3 heteroatoms. The van der Waals surface area contributed by atoms with E-state index in [4.69, 9.17) is 11.6 Å². The SMILES string of the molecule is Cc1cccc(C)c1C(=O)N(CCCl)C1CCCCC1. The van der Waals surface area contributed by atoms with Gasteiger partial charge in [-0.15, -0.1) is 11.6 Å². The number of alkyl halides is 1. The van der Waals surface area contributed by atoms with Gasteiger partial charge in [-0.2, -0.15) is 0 Å². The Hall–Kier alpha value is -1.02. The summed E-state index contributed by atoms with van der Waals surface area (Å²) in [6.07, 6.45) is 5.98. The lowest BCUT2D eigenvalue weighted by Crippen LogP contribution is -2.43. The second-order valence-electron chi connectivity index (χ2n) is 5.75. The molecule has 1 fully saturated rings. The van der Waals surface area contributed by atoms with Gasteiger partial charge in [0.15, 0.2) is 0 Å². The number of nitrogens with zero attached hydrogens (tertiary/aromatic N) is 1. The molecule has 20 heavy (non-hydrogen) atoms. The summed E-state index contributed by atoms with van der Waals surface area (Å²) >= 11 is 5.93. The van der Waals surface area contributed by atoms with Gasteiger partial charge in [0.05, 0.1) is 0 Å². The minimum Gasteiger partial charge on any atom is -0.334 e. The van der Waals surface area contributed by atoms with E-state index >= 15 is 0 Å². The van der Waals surface area contributed by atoms with Gasteiger partial charge in [0.1, 0.15) is 0 Å². The van der Waals surface area contributed by atoms with Crippen molar-refractivity contribution in [3.63, 3.8) is 0 Å². The topological polar surface area (TPSA) is 20.3 Å². The number of aryl methyl sites for hydroxylation is 2. The zero-order valence-electron chi connectivity index (χ0n) is 12.5. The summed E-state index contributed by atoms with van der Waals surface area (Å²) in [6.45, 7) is 4.68. The summed E-state index contributed by atoms with van der Waals surface area (Å²) in [6, 6.07) is 6.41. The zero-order chi connectivity index (χ0) is 14.5. The van der Waals surface area contributed by atoms with Crippen molar-refractivity contribution in [2.24, 2.45) is 0 Å². The van der Waals surface area contributed by atoms with Crippen molar-refractivity contribution in [3.8, 4) is 0 Å². The number of carbonyl (C=O) groups excluding carboxylic acids is 1. The van der Waals surface area contributed by atoms with Crippen molar-refractivity contribution in [2.45, 2.75) is 52.0 Å². The second-order valence-corrected chi connectivity index (χ2v) is 6.12. The fourth-order valence-electron chi connectivity index (χ4n) is 3.23. The fourth-order valence-corrected chi connectivity index (χ4v) is 3.41. The lowest BCUT2D eigenvalue weighted by molar-refractivity contribution is 0.0648. The van der Waals surface area contributed by atoms with E-state index in [1.165, 1.54) is 19.3 Å². The number of hydrogen-bond donors (Lipinski definition) is 0. The van der Waals surface area contributed by atoms with E-state index in [1.54, 1.807) is 0 Å². The predicted molar refractivity (Wildman–Crippen MR) is 84.5 cm³/mol. The van der Waals surface area contributed by atoms with Gasteiger partial charge in [-0.05, 0) is 37.8 Å². The lowest BCUT2D eigenvalue weighted by atomic mass is 9.93. The third-order valence-corrected chi connectivity index (χ3v) is 4.47. The minimum absolute atomic E-state index is 0.160. The highest BCUT2D eigenvalue weighted by molar-refractivity contribution is 6.18. The van der Waals surface area contributed by atoms with Crippen LogP contribution in [0.25, 0.3) is 0 Å². The molecule has 2 rings (SSSR count). The molecule has 1 saturated carbocycles. The standard InChI is InChI=1S/C17H24ClNO/c1-13-7-6-8-14(2)16(13)17(20)19(12-11-18)15-9-4-3-5-10-15/h6-8,15H,3-5,9-12H2,1-2H3. The monoisotopic (exact) mass is 293 g/mol. The molecule has 1 aromatic carbocycles. The van der Waals surface area contributed by atoms with E-state index in [-0.39, 0.29) is 5.91 Å². The Morgan fingerprint density at radius 3 is 2.35 bits per heavy atom. The van der Waals surface area contributed by atoms with Crippen molar-refractivity contribution < 1.29 is 4.79 Å². The first-order valence-electron chi connectivity index (χ1n) is 7.58. The minimum atomic E-state index is 0.160. The number of benzene rings is 1. The molecule has 0 atom stereocenters. The smallest absolute Gasteiger partial charge is 0.254 e. The zero-order valence-corrected chi connectivity index (χ0v) is 13.2. The van der Waals surface area contributed by atoms with Gasteiger partial charge in [0, 0.05) is 24.0 Å². The van der Waals surface area contributed by atoms with Crippen LogP contribution < -0.4 is 0 Å². The van der Waals surface area contributed by atoms with Gasteiger partial charge in [-0.3, -0.25) is 4.79 Å². The molecule has 0 unspecified atom stereocenters. The van der Waals surface area contributed by atoms with Gasteiger partial charge in [-0.25, -0.2) is 0 Å². The first-order chi connectivity index (χ1) is 9.65. The highest BCUT2D eigenvalue weighted by Crippen LogP contribution is 2.25. The fraction of sp³-hybridized carbons (Fsp3) is 0.588. The number of rotatable bonds is 4. The Labute approximate surface area is 127 Å². The Kier molecular flexibility index (Phi) is 5.47. The van der Waals surface area contributed by atoms with Crippen molar-refractivity contribution in [2.75, 3.05) is 12.4 Å². The molecule has 1 aliphatic rings. The van der Waals surface area contributed by atoms with Gasteiger partial charge in [0.25, 0.3) is 5.91 Å². The maximum Gasteiger partial charge on any atom is 0.254 e. The van der Waals surface area contributed by atoms with Gasteiger partial charge in [-0.1, -0.05) is 37.5 Å². The molecule has 0 bridgehead atoms. The van der Waals surface area contributed by atoms with Crippen molar-refractivity contribution in [3.05, 3.63) is 34.9 Å². The molecule has 1 amide bonds. The summed E-state index contributed by atoms with van der Waals surface area (Å²) in [4.78, 5) is 15.0. The molecule has 0 spiro atoms. The van der Waals surface area contributed by atoms with E-state index in [1.807, 2.05) is 36.9 Å². The highest BCUT2D eigenvalue weighted by Gasteiger charge is 2.27. The summed E-state index contributed by atoms with van der Waals surface area (Å²) in [5.41, 5.74) is 2.99. The van der Waals surface area contributed by atoms with E-state index in [0.29, 0.717) is 18.5 Å². The lowest BCUT2D eigenvalue weighted by Gasteiger charge is -2.34. The van der Waals surface area contributed by atoms with Gasteiger partial charge in [0.2, 0.25) is 0 Å². The normalized spacial score (nSPS) is 16.1. The van der Waals surface area contributed by atoms with Crippen molar-refractivity contribution in [1.82, 2.24) is 4.90 Å². The summed E-state index contributed by atoms with van der Waals surface area (Å²) in [7, 11) is 0. The molecule has 0 N–H and O–H groups in total. The molecule has 0 radical (unpaired) electrons. The largest absolute Gasteiger partial charge is 0.334 e. The molecular formula is C17H24ClNO. The average Bonchev–Trinajstić information content (AvgIpc) is 2.45. The molecular weight excluding hydrogens is 270 g/mol. The molecule has 1 aliphatic carbocycles. The predicted octanol–water partition coefficient (Wildman–Crippen LogP) is 4.32. The maximum atomic E-state index is 12.9. The molecule has 0 heterocycles. The molecule has 0 aliphatic heterocycles. The van der Waals surface area contributed by atoms with Crippen LogP contribution in [0, 0.1) is 13.8 Å². The quantitative estimate of drug-likeness (QED) is 0.757. The Morgan fingerprint density at radius 1 is 1.20 bits per heavy atom. The van der Waals surface area contributed by atoms with Crippen molar-refractivity contribution in [1.29, 1.82) is 0 Å². The van der Waals surface area contributed by atoms with Gasteiger partial charge < -0.3 is 4.90 Å². The van der Waals surface area contributed by atoms with Crippen LogP contribution in [0.1, 0.15) is 53.6 Å². The van der Waals surface area contributed by atoms with Crippen LogP contribution in [-0.4, -0.2) is 29.3 Å². The van der Waals surface area contributed by atoms with Crippen LogP contribution in [0.4, 0.5) is 0 Å². The Bertz CT molecular complexity index is 446. The Balaban J connectivity index is 2.26. The summed E-state index contributed by atoms with van der Waals surface area (Å²) < 4.78 is 0. The Morgan fingerprint density at radius 2 is 1.80 bits per heavy atom. The molecule has 110 valence electrons. The molecule has 0 saturated heterocycles. The van der Waals surface area contributed by atoms with Crippen LogP contribution in [0.2, 0.25) is 0 Å². The molecule has 1 aromatic rings. The molecule has 0 aromatic heterocycles. The van der Waals surface area contributed by atoms with E-state index in [0.717, 1.165) is 29.5 Å². The average molecular weight is 294 g/mol. The third-order valence-electron chi connectivity index (χ3n) is 4.30. The van der Waals surface area contributed by atoms with Crippen LogP contribution in [0.15, 0.2) is 18.2 Å². The van der Waals surface area contributed by atoms with E-state index < -0.39 is 0 Å². The van der Waals surface area contributed by atoms with Crippen LogP contribution in [0.5, 0.6) is 0 Å². The first kappa shape index (κ1) is 15.4. The van der Waals surface area contributed by atoms with Crippen molar-refractivity contribution >= 4 is 17.5 Å².